The van der Waals surface area contributed by atoms with Crippen molar-refractivity contribution in [3.05, 3.63) is 58.1 Å². The Morgan fingerprint density at radius 1 is 1.07 bits per heavy atom. The second-order valence-corrected chi connectivity index (χ2v) is 7.02. The van der Waals surface area contributed by atoms with Crippen LogP contribution in [0.4, 0.5) is 5.69 Å². The maximum absolute atomic E-state index is 12.1. The zero-order valence-electron chi connectivity index (χ0n) is 15.4. The molecule has 0 aromatic heterocycles. The molecule has 0 saturated heterocycles. The van der Waals surface area contributed by atoms with E-state index in [2.05, 4.69) is 31.9 Å². The van der Waals surface area contributed by atoms with Crippen molar-refractivity contribution in [2.45, 2.75) is 13.5 Å². The van der Waals surface area contributed by atoms with Gasteiger partial charge >= 0.3 is 0 Å². The molecule has 0 bridgehead atoms. The minimum atomic E-state index is -0.200. The molecule has 0 saturated carbocycles. The lowest BCUT2D eigenvalue weighted by atomic mass is 10.2. The lowest BCUT2D eigenvalue weighted by Gasteiger charge is -2.13. The summed E-state index contributed by atoms with van der Waals surface area (Å²) >= 11 is 3.47. The summed E-state index contributed by atoms with van der Waals surface area (Å²) in [5, 5.41) is 18.0. The van der Waals surface area contributed by atoms with Crippen molar-refractivity contribution in [3.63, 3.8) is 0 Å². The fourth-order valence-electron chi connectivity index (χ4n) is 2.41. The van der Waals surface area contributed by atoms with Crippen LogP contribution in [0.1, 0.15) is 11.1 Å². The largest absolute Gasteiger partial charge is 0.483 e. The van der Waals surface area contributed by atoms with E-state index in [4.69, 9.17) is 9.84 Å². The first-order valence-electron chi connectivity index (χ1n) is 8.88. The van der Waals surface area contributed by atoms with E-state index >= 15 is 0 Å². The molecule has 1 amide bonds. The number of nitrogens with one attached hydrogen (secondary N) is 3. The van der Waals surface area contributed by atoms with Gasteiger partial charge in [0.1, 0.15) is 5.75 Å². The number of aliphatic hydroxyl groups excluding tert-OH is 1. The molecule has 27 heavy (non-hydrogen) atoms. The van der Waals surface area contributed by atoms with Crippen LogP contribution < -0.4 is 20.7 Å². The third-order valence-corrected chi connectivity index (χ3v) is 4.29. The monoisotopic (exact) mass is 435 g/mol. The zero-order valence-corrected chi connectivity index (χ0v) is 17.0. The molecular weight excluding hydrogens is 410 g/mol. The molecule has 0 heterocycles. The van der Waals surface area contributed by atoms with E-state index in [1.165, 1.54) is 0 Å². The van der Waals surface area contributed by atoms with E-state index in [-0.39, 0.29) is 19.1 Å². The van der Waals surface area contributed by atoms with Gasteiger partial charge in [0.25, 0.3) is 5.91 Å². The first-order valence-corrected chi connectivity index (χ1v) is 9.68. The predicted molar refractivity (Wildman–Crippen MR) is 111 cm³/mol. The fourth-order valence-corrected chi connectivity index (χ4v) is 2.82. The van der Waals surface area contributed by atoms with Gasteiger partial charge in [-0.2, -0.15) is 0 Å². The molecule has 0 aliphatic heterocycles. The molecule has 0 atom stereocenters. The van der Waals surface area contributed by atoms with E-state index in [0.29, 0.717) is 18.8 Å². The van der Waals surface area contributed by atoms with Gasteiger partial charge in [-0.15, -0.1) is 0 Å². The van der Waals surface area contributed by atoms with Crippen molar-refractivity contribution in [1.29, 1.82) is 0 Å². The smallest absolute Gasteiger partial charge is 0.262 e. The number of rotatable bonds is 11. The summed E-state index contributed by atoms with van der Waals surface area (Å²) in [5.74, 6) is 0.474. The summed E-state index contributed by atoms with van der Waals surface area (Å²) in [4.78, 5) is 12.1. The van der Waals surface area contributed by atoms with Gasteiger partial charge in [0.05, 0.1) is 6.61 Å². The molecule has 4 N–H and O–H groups in total. The number of aliphatic hydroxyl groups is 1. The Labute approximate surface area is 168 Å². The van der Waals surface area contributed by atoms with Crippen LogP contribution in [0.3, 0.4) is 0 Å². The number of ether oxygens (including phenoxy) is 1. The lowest BCUT2D eigenvalue weighted by Crippen LogP contribution is -2.29. The maximum Gasteiger partial charge on any atom is 0.262 e. The summed E-state index contributed by atoms with van der Waals surface area (Å²) in [5.41, 5.74) is 2.86. The number of benzene rings is 2. The molecule has 2 rings (SSSR count). The molecule has 2 aromatic carbocycles. The molecule has 0 unspecified atom stereocenters. The standard InChI is InChI=1S/C20H26BrN3O3/c1-15-2-5-18(6-3-15)24-20(26)14-27-19-7-4-17(21)12-16(19)13-23-9-8-22-10-11-25/h2-7,12,22-23,25H,8-11,13-14H2,1H3,(H,24,26). The minimum absolute atomic E-state index is 0.0550. The highest BCUT2D eigenvalue weighted by atomic mass is 79.9. The Balaban J connectivity index is 1.83. The quantitative estimate of drug-likeness (QED) is 0.407. The maximum atomic E-state index is 12.1. The van der Waals surface area contributed by atoms with Gasteiger partial charge in [0, 0.05) is 41.9 Å². The second kappa shape index (κ2) is 11.7. The lowest BCUT2D eigenvalue weighted by molar-refractivity contribution is -0.118. The number of carbonyl (C=O) groups excluding carboxylic acids is 1. The average Bonchev–Trinajstić information content (AvgIpc) is 2.65. The fraction of sp³-hybridized carbons (Fsp3) is 0.350. The van der Waals surface area contributed by atoms with Crippen molar-refractivity contribution >= 4 is 27.5 Å². The molecular formula is C20H26BrN3O3. The molecule has 7 heteroatoms. The van der Waals surface area contributed by atoms with E-state index < -0.39 is 0 Å². The Morgan fingerprint density at radius 3 is 2.56 bits per heavy atom. The Morgan fingerprint density at radius 2 is 1.81 bits per heavy atom. The van der Waals surface area contributed by atoms with Crippen LogP contribution >= 0.6 is 15.9 Å². The molecule has 2 aromatic rings. The first-order chi connectivity index (χ1) is 13.1. The normalized spacial score (nSPS) is 10.6. The van der Waals surface area contributed by atoms with E-state index in [1.54, 1.807) is 0 Å². The van der Waals surface area contributed by atoms with Gasteiger partial charge < -0.3 is 25.8 Å². The number of halogens is 1. The van der Waals surface area contributed by atoms with Crippen LogP contribution in [0, 0.1) is 6.92 Å². The molecule has 0 aliphatic rings. The van der Waals surface area contributed by atoms with Gasteiger partial charge in [-0.05, 0) is 37.3 Å². The number of amides is 1. The van der Waals surface area contributed by atoms with Crippen molar-refractivity contribution in [3.8, 4) is 5.75 Å². The third-order valence-electron chi connectivity index (χ3n) is 3.80. The number of aryl methyl sites for hydroxylation is 1. The van der Waals surface area contributed by atoms with Crippen LogP contribution in [0.5, 0.6) is 5.75 Å². The highest BCUT2D eigenvalue weighted by molar-refractivity contribution is 9.10. The van der Waals surface area contributed by atoms with E-state index in [1.807, 2.05) is 49.4 Å². The topological polar surface area (TPSA) is 82.6 Å². The van der Waals surface area contributed by atoms with Crippen molar-refractivity contribution < 1.29 is 14.6 Å². The molecule has 0 spiro atoms. The summed E-state index contributed by atoms with van der Waals surface area (Å²) in [7, 11) is 0. The molecule has 6 nitrogen and oxygen atoms in total. The first kappa shape index (κ1) is 21.4. The second-order valence-electron chi connectivity index (χ2n) is 6.11. The van der Waals surface area contributed by atoms with Crippen molar-refractivity contribution in [2.75, 3.05) is 38.2 Å². The number of carbonyl (C=O) groups is 1. The average molecular weight is 436 g/mol. The Kier molecular flexibility index (Phi) is 9.27. The van der Waals surface area contributed by atoms with Crippen molar-refractivity contribution in [2.24, 2.45) is 0 Å². The molecule has 0 radical (unpaired) electrons. The molecule has 146 valence electrons. The van der Waals surface area contributed by atoms with Crippen LogP contribution in [0.15, 0.2) is 46.9 Å². The number of hydrogen-bond donors (Lipinski definition) is 4. The van der Waals surface area contributed by atoms with E-state index in [0.717, 1.165) is 34.4 Å². The SMILES string of the molecule is Cc1ccc(NC(=O)COc2ccc(Br)cc2CNCCNCCO)cc1. The molecule has 0 aliphatic carbocycles. The predicted octanol–water partition coefficient (Wildman–Crippen LogP) is 2.45. The van der Waals surface area contributed by atoms with Gasteiger partial charge in [-0.1, -0.05) is 33.6 Å². The van der Waals surface area contributed by atoms with Crippen LogP contribution in [-0.2, 0) is 11.3 Å². The highest BCUT2D eigenvalue weighted by Crippen LogP contribution is 2.23. The van der Waals surface area contributed by atoms with Crippen molar-refractivity contribution in [1.82, 2.24) is 10.6 Å². The summed E-state index contributed by atoms with van der Waals surface area (Å²) < 4.78 is 6.68. The number of hydrogen-bond acceptors (Lipinski definition) is 5. The van der Waals surface area contributed by atoms with E-state index in [9.17, 15) is 4.79 Å². The van der Waals surface area contributed by atoms with Crippen LogP contribution in [0.2, 0.25) is 0 Å². The zero-order chi connectivity index (χ0) is 19.5. The number of anilines is 1. The summed E-state index contributed by atoms with van der Waals surface area (Å²) in [6, 6.07) is 13.3. The van der Waals surface area contributed by atoms with Gasteiger partial charge in [0.2, 0.25) is 0 Å². The van der Waals surface area contributed by atoms with Crippen LogP contribution in [0.25, 0.3) is 0 Å². The van der Waals surface area contributed by atoms with Gasteiger partial charge in [-0.25, -0.2) is 0 Å². The highest BCUT2D eigenvalue weighted by Gasteiger charge is 2.08. The minimum Gasteiger partial charge on any atom is -0.483 e. The van der Waals surface area contributed by atoms with Gasteiger partial charge in [0.15, 0.2) is 6.61 Å². The summed E-state index contributed by atoms with van der Waals surface area (Å²) in [6.45, 7) is 4.82. The third kappa shape index (κ3) is 8.09. The van der Waals surface area contributed by atoms with Crippen LogP contribution in [-0.4, -0.2) is 43.9 Å². The molecule has 0 fully saturated rings. The Bertz CT molecular complexity index is 723. The Hall–Kier alpha value is -1.93. The van der Waals surface area contributed by atoms with Gasteiger partial charge in [-0.3, -0.25) is 4.79 Å². The summed E-state index contributed by atoms with van der Waals surface area (Å²) in [6.07, 6.45) is 0.